The molecule has 1 aliphatic carbocycles. The first-order valence-electron chi connectivity index (χ1n) is 5.79. The Morgan fingerprint density at radius 1 is 1.31 bits per heavy atom. The molecule has 0 radical (unpaired) electrons. The quantitative estimate of drug-likeness (QED) is 0.682. The molecule has 2 nitrogen and oxygen atoms in total. The van der Waals surface area contributed by atoms with Crippen LogP contribution in [0.1, 0.15) is 39.0 Å². The summed E-state index contributed by atoms with van der Waals surface area (Å²) < 4.78 is 0. The van der Waals surface area contributed by atoms with E-state index in [9.17, 15) is 0 Å². The minimum absolute atomic E-state index is 0.834. The van der Waals surface area contributed by atoms with E-state index in [2.05, 4.69) is 11.8 Å². The third-order valence-electron chi connectivity index (χ3n) is 3.12. The molecule has 0 unspecified atom stereocenters. The zero-order valence-electron chi connectivity index (χ0n) is 8.97. The maximum atomic E-state index is 5.51. The van der Waals surface area contributed by atoms with Gasteiger partial charge in [0.25, 0.3) is 0 Å². The molecule has 1 aliphatic rings. The Morgan fingerprint density at radius 2 is 2.00 bits per heavy atom. The molecule has 0 amide bonds. The van der Waals surface area contributed by atoms with Gasteiger partial charge in [-0.25, -0.2) is 0 Å². The fourth-order valence-corrected chi connectivity index (χ4v) is 2.25. The summed E-state index contributed by atoms with van der Waals surface area (Å²) in [5, 5.41) is 0. The Morgan fingerprint density at radius 3 is 2.54 bits per heavy atom. The molecule has 1 saturated carbocycles. The predicted molar refractivity (Wildman–Crippen MR) is 57.7 cm³/mol. The molecule has 13 heavy (non-hydrogen) atoms. The molecule has 0 aromatic rings. The average Bonchev–Trinajstić information content (AvgIpc) is 2.64. The van der Waals surface area contributed by atoms with Gasteiger partial charge in [0.15, 0.2) is 0 Å². The number of hydrogen-bond donors (Lipinski definition) is 1. The molecule has 0 atom stereocenters. The first-order chi connectivity index (χ1) is 6.36. The van der Waals surface area contributed by atoms with Gasteiger partial charge in [-0.15, -0.1) is 0 Å². The predicted octanol–water partition coefficient (Wildman–Crippen LogP) is 1.85. The SMILES string of the molecule is CCN(CCCN)CC1CCCC1. The van der Waals surface area contributed by atoms with Crippen LogP contribution in [0.2, 0.25) is 0 Å². The lowest BCUT2D eigenvalue weighted by atomic mass is 10.1. The summed E-state index contributed by atoms with van der Waals surface area (Å²) in [7, 11) is 0. The van der Waals surface area contributed by atoms with Gasteiger partial charge in [0.2, 0.25) is 0 Å². The van der Waals surface area contributed by atoms with Gasteiger partial charge in [-0.2, -0.15) is 0 Å². The molecule has 78 valence electrons. The van der Waals surface area contributed by atoms with Gasteiger partial charge in [0, 0.05) is 6.54 Å². The normalized spacial score (nSPS) is 18.7. The molecule has 1 fully saturated rings. The lowest BCUT2D eigenvalue weighted by molar-refractivity contribution is 0.241. The molecular weight excluding hydrogens is 160 g/mol. The monoisotopic (exact) mass is 184 g/mol. The van der Waals surface area contributed by atoms with Crippen LogP contribution in [-0.4, -0.2) is 31.1 Å². The topological polar surface area (TPSA) is 29.3 Å². The first kappa shape index (κ1) is 11.0. The first-order valence-corrected chi connectivity index (χ1v) is 5.79. The molecule has 2 heteroatoms. The summed E-state index contributed by atoms with van der Waals surface area (Å²) in [5.74, 6) is 0.984. The Balaban J connectivity index is 2.13. The maximum absolute atomic E-state index is 5.51. The van der Waals surface area contributed by atoms with Gasteiger partial charge in [-0.05, 0) is 44.8 Å². The van der Waals surface area contributed by atoms with Crippen molar-refractivity contribution >= 4 is 0 Å². The highest BCUT2D eigenvalue weighted by molar-refractivity contribution is 4.71. The van der Waals surface area contributed by atoms with E-state index in [-0.39, 0.29) is 0 Å². The minimum atomic E-state index is 0.834. The number of nitrogens with two attached hydrogens (primary N) is 1. The van der Waals surface area contributed by atoms with Crippen LogP contribution < -0.4 is 5.73 Å². The zero-order valence-corrected chi connectivity index (χ0v) is 8.97. The zero-order chi connectivity index (χ0) is 9.52. The van der Waals surface area contributed by atoms with Crippen molar-refractivity contribution < 1.29 is 0 Å². The Labute approximate surface area is 82.5 Å². The molecule has 2 N–H and O–H groups in total. The van der Waals surface area contributed by atoms with Crippen molar-refractivity contribution in [3.05, 3.63) is 0 Å². The number of hydrogen-bond acceptors (Lipinski definition) is 2. The van der Waals surface area contributed by atoms with Crippen LogP contribution in [0.15, 0.2) is 0 Å². The second kappa shape index (κ2) is 6.39. The Bertz CT molecular complexity index is 119. The summed E-state index contributed by atoms with van der Waals surface area (Å²) in [6, 6.07) is 0. The van der Waals surface area contributed by atoms with E-state index in [0.29, 0.717) is 0 Å². The van der Waals surface area contributed by atoms with E-state index in [1.54, 1.807) is 0 Å². The Kier molecular flexibility index (Phi) is 5.40. The van der Waals surface area contributed by atoms with Crippen LogP contribution in [-0.2, 0) is 0 Å². The third kappa shape index (κ3) is 4.10. The van der Waals surface area contributed by atoms with Gasteiger partial charge in [0.1, 0.15) is 0 Å². The van der Waals surface area contributed by atoms with Gasteiger partial charge in [-0.1, -0.05) is 19.8 Å². The van der Waals surface area contributed by atoms with Crippen LogP contribution in [0, 0.1) is 5.92 Å². The van der Waals surface area contributed by atoms with Crippen LogP contribution in [0.5, 0.6) is 0 Å². The molecular formula is C11H24N2. The van der Waals surface area contributed by atoms with Crippen molar-refractivity contribution in [2.24, 2.45) is 11.7 Å². The summed E-state index contributed by atoms with van der Waals surface area (Å²) in [5.41, 5.74) is 5.51. The fraction of sp³-hybridized carbons (Fsp3) is 1.00. The third-order valence-corrected chi connectivity index (χ3v) is 3.12. The van der Waals surface area contributed by atoms with Crippen molar-refractivity contribution in [2.75, 3.05) is 26.2 Å². The molecule has 0 bridgehead atoms. The fourth-order valence-electron chi connectivity index (χ4n) is 2.25. The highest BCUT2D eigenvalue weighted by atomic mass is 15.1. The Hall–Kier alpha value is -0.0800. The number of nitrogens with zero attached hydrogens (tertiary/aromatic N) is 1. The second-order valence-corrected chi connectivity index (χ2v) is 4.19. The molecule has 0 heterocycles. The van der Waals surface area contributed by atoms with Crippen molar-refractivity contribution in [3.63, 3.8) is 0 Å². The minimum Gasteiger partial charge on any atom is -0.330 e. The second-order valence-electron chi connectivity index (χ2n) is 4.19. The lowest BCUT2D eigenvalue weighted by Crippen LogP contribution is -2.30. The molecule has 0 aliphatic heterocycles. The van der Waals surface area contributed by atoms with E-state index in [4.69, 9.17) is 5.73 Å². The molecule has 0 spiro atoms. The highest BCUT2D eigenvalue weighted by Crippen LogP contribution is 2.25. The van der Waals surface area contributed by atoms with Gasteiger partial charge in [-0.3, -0.25) is 0 Å². The van der Waals surface area contributed by atoms with Gasteiger partial charge >= 0.3 is 0 Å². The van der Waals surface area contributed by atoms with E-state index in [0.717, 1.165) is 18.9 Å². The van der Waals surface area contributed by atoms with Gasteiger partial charge in [0.05, 0.1) is 0 Å². The summed E-state index contributed by atoms with van der Waals surface area (Å²) in [6.07, 6.45) is 6.98. The molecule has 0 aromatic carbocycles. The van der Waals surface area contributed by atoms with E-state index in [1.165, 1.54) is 45.3 Å². The molecule has 0 aromatic heterocycles. The van der Waals surface area contributed by atoms with Crippen molar-refractivity contribution in [2.45, 2.75) is 39.0 Å². The smallest absolute Gasteiger partial charge is 0.000955 e. The van der Waals surface area contributed by atoms with Crippen molar-refractivity contribution in [1.82, 2.24) is 4.90 Å². The molecule has 1 rings (SSSR count). The summed E-state index contributed by atoms with van der Waals surface area (Å²) in [4.78, 5) is 2.56. The largest absolute Gasteiger partial charge is 0.330 e. The maximum Gasteiger partial charge on any atom is 0.000955 e. The molecule has 0 saturated heterocycles. The van der Waals surface area contributed by atoms with Crippen molar-refractivity contribution in [1.29, 1.82) is 0 Å². The summed E-state index contributed by atoms with van der Waals surface area (Å²) in [6.45, 7) is 6.79. The van der Waals surface area contributed by atoms with E-state index in [1.807, 2.05) is 0 Å². The van der Waals surface area contributed by atoms with Crippen molar-refractivity contribution in [3.8, 4) is 0 Å². The van der Waals surface area contributed by atoms with Crippen LogP contribution in [0.4, 0.5) is 0 Å². The highest BCUT2D eigenvalue weighted by Gasteiger charge is 2.17. The summed E-state index contributed by atoms with van der Waals surface area (Å²) >= 11 is 0. The standard InChI is InChI=1S/C11H24N2/c1-2-13(9-5-8-12)10-11-6-3-4-7-11/h11H,2-10,12H2,1H3. The van der Waals surface area contributed by atoms with Gasteiger partial charge < -0.3 is 10.6 Å². The van der Waals surface area contributed by atoms with E-state index < -0.39 is 0 Å². The average molecular weight is 184 g/mol. The number of rotatable bonds is 6. The van der Waals surface area contributed by atoms with Crippen LogP contribution >= 0.6 is 0 Å². The van der Waals surface area contributed by atoms with E-state index >= 15 is 0 Å². The van der Waals surface area contributed by atoms with Crippen LogP contribution in [0.25, 0.3) is 0 Å². The van der Waals surface area contributed by atoms with Crippen LogP contribution in [0.3, 0.4) is 0 Å². The lowest BCUT2D eigenvalue weighted by Gasteiger charge is -2.23.